The molecule has 76 valence electrons. The summed E-state index contributed by atoms with van der Waals surface area (Å²) in [5.41, 5.74) is 2.50. The minimum atomic E-state index is 0.781. The molecule has 0 spiro atoms. The maximum absolute atomic E-state index is 4.97. The highest BCUT2D eigenvalue weighted by Crippen LogP contribution is 2.16. The predicted octanol–water partition coefficient (Wildman–Crippen LogP) is 3.81. The van der Waals surface area contributed by atoms with E-state index < -0.39 is 0 Å². The van der Waals surface area contributed by atoms with Crippen molar-refractivity contribution in [3.8, 4) is 0 Å². The van der Waals surface area contributed by atoms with Gasteiger partial charge in [-0.2, -0.15) is 0 Å². The molecule has 0 aliphatic carbocycles. The Morgan fingerprint density at radius 3 is 2.79 bits per heavy atom. The van der Waals surface area contributed by atoms with Crippen molar-refractivity contribution in [2.75, 3.05) is 13.7 Å². The minimum Gasteiger partial charge on any atom is -0.384 e. The standard InChI is InChI=1S/C12H15BrO/c1-10-7-11(9-12(13)8-10)5-3-4-6-14-2/h3,5,7-9H,4,6H2,1-2H3. The number of ether oxygens (including phenoxy) is 1. The zero-order valence-electron chi connectivity index (χ0n) is 8.59. The number of methoxy groups -OCH3 is 1. The SMILES string of the molecule is COCCC=Cc1cc(C)cc(Br)c1. The summed E-state index contributed by atoms with van der Waals surface area (Å²) in [7, 11) is 1.72. The Balaban J connectivity index is 2.62. The van der Waals surface area contributed by atoms with Crippen molar-refractivity contribution in [3.63, 3.8) is 0 Å². The molecule has 0 aliphatic rings. The maximum Gasteiger partial charge on any atom is 0.0496 e. The first-order valence-electron chi connectivity index (χ1n) is 4.65. The molecule has 0 heterocycles. The molecule has 0 unspecified atom stereocenters. The molecule has 1 aromatic carbocycles. The molecular formula is C12H15BrO. The number of rotatable bonds is 4. The lowest BCUT2D eigenvalue weighted by molar-refractivity contribution is 0.204. The van der Waals surface area contributed by atoms with Crippen molar-refractivity contribution in [1.82, 2.24) is 0 Å². The quantitative estimate of drug-likeness (QED) is 0.743. The van der Waals surface area contributed by atoms with Crippen LogP contribution >= 0.6 is 15.9 Å². The van der Waals surface area contributed by atoms with Gasteiger partial charge in [-0.05, 0) is 36.6 Å². The van der Waals surface area contributed by atoms with Crippen LogP contribution in [0.15, 0.2) is 28.7 Å². The number of halogens is 1. The van der Waals surface area contributed by atoms with E-state index in [4.69, 9.17) is 4.74 Å². The van der Waals surface area contributed by atoms with Crippen molar-refractivity contribution in [3.05, 3.63) is 39.9 Å². The van der Waals surface area contributed by atoms with Crippen LogP contribution in [0.25, 0.3) is 6.08 Å². The van der Waals surface area contributed by atoms with Crippen molar-refractivity contribution in [1.29, 1.82) is 0 Å². The Bertz CT molecular complexity index is 298. The van der Waals surface area contributed by atoms with Gasteiger partial charge in [0.15, 0.2) is 0 Å². The zero-order chi connectivity index (χ0) is 10.4. The van der Waals surface area contributed by atoms with E-state index in [0.29, 0.717) is 0 Å². The van der Waals surface area contributed by atoms with E-state index in [1.807, 2.05) is 0 Å². The van der Waals surface area contributed by atoms with Gasteiger partial charge in [0.05, 0.1) is 0 Å². The molecule has 0 saturated carbocycles. The van der Waals surface area contributed by atoms with E-state index in [1.54, 1.807) is 7.11 Å². The molecule has 0 saturated heterocycles. The highest BCUT2D eigenvalue weighted by molar-refractivity contribution is 9.10. The van der Waals surface area contributed by atoms with Gasteiger partial charge in [0.2, 0.25) is 0 Å². The van der Waals surface area contributed by atoms with Crippen molar-refractivity contribution in [2.45, 2.75) is 13.3 Å². The van der Waals surface area contributed by atoms with Gasteiger partial charge in [0.25, 0.3) is 0 Å². The first-order valence-corrected chi connectivity index (χ1v) is 5.44. The molecule has 0 amide bonds. The van der Waals surface area contributed by atoms with Gasteiger partial charge in [-0.15, -0.1) is 0 Å². The lowest BCUT2D eigenvalue weighted by Crippen LogP contribution is -1.84. The van der Waals surface area contributed by atoms with Crippen LogP contribution in [0, 0.1) is 6.92 Å². The lowest BCUT2D eigenvalue weighted by Gasteiger charge is -1.98. The van der Waals surface area contributed by atoms with Crippen LogP contribution in [0.1, 0.15) is 17.5 Å². The molecule has 0 atom stereocenters. The van der Waals surface area contributed by atoms with Crippen LogP contribution in [-0.4, -0.2) is 13.7 Å². The number of hydrogen-bond donors (Lipinski definition) is 0. The number of aryl methyl sites for hydroxylation is 1. The molecule has 0 bridgehead atoms. The van der Waals surface area contributed by atoms with Gasteiger partial charge < -0.3 is 4.74 Å². The number of hydrogen-bond acceptors (Lipinski definition) is 1. The third-order valence-corrected chi connectivity index (χ3v) is 2.32. The summed E-state index contributed by atoms with van der Waals surface area (Å²) in [6.07, 6.45) is 5.21. The first kappa shape index (κ1) is 11.5. The second kappa shape index (κ2) is 5.99. The molecule has 14 heavy (non-hydrogen) atoms. The Kier molecular flexibility index (Phi) is 4.91. The second-order valence-electron chi connectivity index (χ2n) is 3.25. The topological polar surface area (TPSA) is 9.23 Å². The van der Waals surface area contributed by atoms with Crippen molar-refractivity contribution >= 4 is 22.0 Å². The zero-order valence-corrected chi connectivity index (χ0v) is 10.2. The second-order valence-corrected chi connectivity index (χ2v) is 4.16. The van der Waals surface area contributed by atoms with E-state index in [9.17, 15) is 0 Å². The Hall–Kier alpha value is -0.600. The van der Waals surface area contributed by atoms with Gasteiger partial charge in [-0.25, -0.2) is 0 Å². The molecule has 0 aromatic heterocycles. The van der Waals surface area contributed by atoms with Crippen LogP contribution in [0.2, 0.25) is 0 Å². The summed E-state index contributed by atoms with van der Waals surface area (Å²) in [5, 5.41) is 0. The minimum absolute atomic E-state index is 0.781. The molecule has 0 radical (unpaired) electrons. The fraction of sp³-hybridized carbons (Fsp3) is 0.333. The molecule has 0 aliphatic heterocycles. The van der Waals surface area contributed by atoms with Gasteiger partial charge in [-0.3, -0.25) is 0 Å². The van der Waals surface area contributed by atoms with Gasteiger partial charge in [-0.1, -0.05) is 34.1 Å². The first-order chi connectivity index (χ1) is 6.72. The Labute approximate surface area is 93.9 Å². The highest BCUT2D eigenvalue weighted by Gasteiger charge is 1.92. The van der Waals surface area contributed by atoms with E-state index in [-0.39, 0.29) is 0 Å². The monoisotopic (exact) mass is 254 g/mol. The molecule has 1 rings (SSSR count). The van der Waals surface area contributed by atoms with Crippen LogP contribution in [0.5, 0.6) is 0 Å². The van der Waals surface area contributed by atoms with E-state index in [0.717, 1.165) is 17.5 Å². The third kappa shape index (κ3) is 4.07. The van der Waals surface area contributed by atoms with Gasteiger partial charge in [0.1, 0.15) is 0 Å². The summed E-state index contributed by atoms with van der Waals surface area (Å²) >= 11 is 3.48. The Morgan fingerprint density at radius 1 is 1.36 bits per heavy atom. The summed E-state index contributed by atoms with van der Waals surface area (Å²) < 4.78 is 6.10. The molecule has 0 N–H and O–H groups in total. The van der Waals surface area contributed by atoms with E-state index >= 15 is 0 Å². The molecule has 2 heteroatoms. The maximum atomic E-state index is 4.97. The third-order valence-electron chi connectivity index (χ3n) is 1.86. The molecule has 1 aromatic rings. The Morgan fingerprint density at radius 2 is 2.14 bits per heavy atom. The summed E-state index contributed by atoms with van der Waals surface area (Å²) in [6, 6.07) is 6.37. The normalized spacial score (nSPS) is 11.1. The average Bonchev–Trinajstić information content (AvgIpc) is 2.11. The summed E-state index contributed by atoms with van der Waals surface area (Å²) in [6.45, 7) is 2.88. The smallest absolute Gasteiger partial charge is 0.0496 e. The summed E-state index contributed by atoms with van der Waals surface area (Å²) in [4.78, 5) is 0. The predicted molar refractivity (Wildman–Crippen MR) is 64.4 cm³/mol. The van der Waals surface area contributed by atoms with Crippen LogP contribution in [0.4, 0.5) is 0 Å². The van der Waals surface area contributed by atoms with Crippen molar-refractivity contribution in [2.24, 2.45) is 0 Å². The molecular weight excluding hydrogens is 240 g/mol. The van der Waals surface area contributed by atoms with Crippen molar-refractivity contribution < 1.29 is 4.74 Å². The fourth-order valence-electron chi connectivity index (χ4n) is 1.27. The van der Waals surface area contributed by atoms with Gasteiger partial charge in [0, 0.05) is 18.2 Å². The van der Waals surface area contributed by atoms with Gasteiger partial charge >= 0.3 is 0 Å². The van der Waals surface area contributed by atoms with E-state index in [1.165, 1.54) is 11.1 Å². The van der Waals surface area contributed by atoms with Crippen LogP contribution in [0.3, 0.4) is 0 Å². The fourth-order valence-corrected chi connectivity index (χ4v) is 1.89. The van der Waals surface area contributed by atoms with Crippen LogP contribution < -0.4 is 0 Å². The van der Waals surface area contributed by atoms with Crippen LogP contribution in [-0.2, 0) is 4.74 Å². The molecule has 1 nitrogen and oxygen atoms in total. The van der Waals surface area contributed by atoms with E-state index in [2.05, 4.69) is 53.2 Å². The highest BCUT2D eigenvalue weighted by atomic mass is 79.9. The lowest BCUT2D eigenvalue weighted by atomic mass is 10.1. The summed E-state index contributed by atoms with van der Waals surface area (Å²) in [5.74, 6) is 0. The molecule has 0 fully saturated rings. The number of benzene rings is 1. The average molecular weight is 255 g/mol. The largest absolute Gasteiger partial charge is 0.384 e.